The summed E-state index contributed by atoms with van der Waals surface area (Å²) in [6, 6.07) is 14.8. The molecule has 3 rings (SSSR count). The largest absolute Gasteiger partial charge is 0.323 e. The Kier molecular flexibility index (Phi) is 3.79. The zero-order chi connectivity index (χ0) is 14.1. The van der Waals surface area contributed by atoms with Gasteiger partial charge in [0.15, 0.2) is 0 Å². The number of hydrogen-bond acceptors (Lipinski definition) is 2. The molecule has 1 atom stereocenters. The van der Waals surface area contributed by atoms with Gasteiger partial charge in [0.25, 0.3) is 0 Å². The molecule has 0 bridgehead atoms. The number of fused-ring (bicyclic) bond motifs is 1. The van der Waals surface area contributed by atoms with E-state index >= 15 is 0 Å². The van der Waals surface area contributed by atoms with Gasteiger partial charge in [0.1, 0.15) is 0 Å². The lowest BCUT2D eigenvalue weighted by Crippen LogP contribution is -2.12. The van der Waals surface area contributed by atoms with E-state index in [9.17, 15) is 0 Å². The third-order valence-corrected chi connectivity index (χ3v) is 5.38. The molecule has 0 spiro atoms. The predicted molar refractivity (Wildman–Crippen MR) is 88.6 cm³/mol. The van der Waals surface area contributed by atoms with E-state index in [4.69, 9.17) is 17.3 Å². The first-order chi connectivity index (χ1) is 9.65. The van der Waals surface area contributed by atoms with Crippen molar-refractivity contribution in [2.75, 3.05) is 0 Å². The van der Waals surface area contributed by atoms with Crippen LogP contribution in [0.3, 0.4) is 0 Å². The van der Waals surface area contributed by atoms with Crippen LogP contribution >= 0.6 is 22.9 Å². The van der Waals surface area contributed by atoms with Crippen LogP contribution in [0, 0.1) is 6.92 Å². The number of thiophene rings is 1. The van der Waals surface area contributed by atoms with Crippen molar-refractivity contribution in [2.24, 2.45) is 5.73 Å². The maximum absolute atomic E-state index is 6.31. The number of hydrogen-bond donors (Lipinski definition) is 1. The SMILES string of the molecule is Cc1csc(C(N)Cc2ccc3ccccc3c2)c1Cl. The van der Waals surface area contributed by atoms with E-state index in [0.29, 0.717) is 0 Å². The molecule has 2 N–H and O–H groups in total. The molecule has 2 aromatic carbocycles. The quantitative estimate of drug-likeness (QED) is 0.715. The minimum atomic E-state index is -0.0395. The molecule has 0 saturated carbocycles. The standard InChI is InChI=1S/C17H16ClNS/c1-11-10-20-17(16(11)18)15(19)9-12-6-7-13-4-2-3-5-14(13)8-12/h2-8,10,15H,9,19H2,1H3. The summed E-state index contributed by atoms with van der Waals surface area (Å²) in [6.07, 6.45) is 0.810. The number of aryl methyl sites for hydroxylation is 1. The Labute approximate surface area is 128 Å². The molecule has 0 radical (unpaired) electrons. The lowest BCUT2D eigenvalue weighted by Gasteiger charge is -2.11. The van der Waals surface area contributed by atoms with Gasteiger partial charge < -0.3 is 5.73 Å². The molecule has 102 valence electrons. The van der Waals surface area contributed by atoms with Crippen molar-refractivity contribution in [3.05, 3.63) is 68.9 Å². The summed E-state index contributed by atoms with van der Waals surface area (Å²) in [5.41, 5.74) is 8.67. The number of rotatable bonds is 3. The average Bonchev–Trinajstić information content (AvgIpc) is 2.79. The molecule has 1 aromatic heterocycles. The Morgan fingerprint density at radius 3 is 2.60 bits per heavy atom. The molecule has 0 saturated heterocycles. The summed E-state index contributed by atoms with van der Waals surface area (Å²) >= 11 is 7.95. The van der Waals surface area contributed by atoms with Crippen molar-refractivity contribution >= 4 is 33.7 Å². The monoisotopic (exact) mass is 301 g/mol. The average molecular weight is 302 g/mol. The Balaban J connectivity index is 1.87. The molecule has 0 aliphatic rings. The molecular weight excluding hydrogens is 286 g/mol. The highest BCUT2D eigenvalue weighted by Crippen LogP contribution is 2.33. The summed E-state index contributed by atoms with van der Waals surface area (Å²) in [6.45, 7) is 2.02. The van der Waals surface area contributed by atoms with Gasteiger partial charge in [-0.2, -0.15) is 0 Å². The van der Waals surface area contributed by atoms with Crippen molar-refractivity contribution in [3.63, 3.8) is 0 Å². The molecule has 0 amide bonds. The van der Waals surface area contributed by atoms with Crippen LogP contribution in [0.2, 0.25) is 5.02 Å². The van der Waals surface area contributed by atoms with Gasteiger partial charge in [0.2, 0.25) is 0 Å². The van der Waals surface area contributed by atoms with E-state index in [1.54, 1.807) is 11.3 Å². The predicted octanol–water partition coefficient (Wildman–Crippen LogP) is 5.11. The van der Waals surface area contributed by atoms with Crippen LogP contribution in [0.1, 0.15) is 22.0 Å². The number of nitrogens with two attached hydrogens (primary N) is 1. The first kappa shape index (κ1) is 13.6. The molecule has 3 aromatic rings. The Bertz CT molecular complexity index is 748. The van der Waals surface area contributed by atoms with Gasteiger partial charge in [-0.15, -0.1) is 11.3 Å². The van der Waals surface area contributed by atoms with Gasteiger partial charge in [-0.25, -0.2) is 0 Å². The minimum absolute atomic E-state index is 0.0395. The van der Waals surface area contributed by atoms with Crippen molar-refractivity contribution in [3.8, 4) is 0 Å². The topological polar surface area (TPSA) is 26.0 Å². The van der Waals surface area contributed by atoms with E-state index in [1.165, 1.54) is 16.3 Å². The van der Waals surface area contributed by atoms with Gasteiger partial charge in [-0.3, -0.25) is 0 Å². The first-order valence-corrected chi connectivity index (χ1v) is 7.87. The fourth-order valence-corrected chi connectivity index (χ4v) is 3.75. The second-order valence-corrected chi connectivity index (χ2v) is 6.38. The van der Waals surface area contributed by atoms with Gasteiger partial charge in [0.05, 0.1) is 5.02 Å². The first-order valence-electron chi connectivity index (χ1n) is 6.62. The second-order valence-electron chi connectivity index (χ2n) is 5.09. The van der Waals surface area contributed by atoms with Crippen molar-refractivity contribution < 1.29 is 0 Å². The van der Waals surface area contributed by atoms with Crippen molar-refractivity contribution in [2.45, 2.75) is 19.4 Å². The number of halogens is 1. The van der Waals surface area contributed by atoms with Gasteiger partial charge >= 0.3 is 0 Å². The molecule has 0 fully saturated rings. The van der Waals surface area contributed by atoms with E-state index in [0.717, 1.165) is 21.9 Å². The summed E-state index contributed by atoms with van der Waals surface area (Å²) < 4.78 is 0. The minimum Gasteiger partial charge on any atom is -0.323 e. The highest BCUT2D eigenvalue weighted by Gasteiger charge is 2.14. The van der Waals surface area contributed by atoms with Crippen LogP contribution in [0.5, 0.6) is 0 Å². The van der Waals surface area contributed by atoms with Crippen LogP contribution in [-0.2, 0) is 6.42 Å². The maximum Gasteiger partial charge on any atom is 0.0590 e. The van der Waals surface area contributed by atoms with Crippen LogP contribution in [0.25, 0.3) is 10.8 Å². The zero-order valence-corrected chi connectivity index (χ0v) is 12.8. The molecule has 0 aliphatic heterocycles. The Morgan fingerprint density at radius 1 is 1.15 bits per heavy atom. The van der Waals surface area contributed by atoms with E-state index in [2.05, 4.69) is 47.8 Å². The lowest BCUT2D eigenvalue weighted by molar-refractivity contribution is 0.737. The molecule has 3 heteroatoms. The Hall–Kier alpha value is -1.35. The third kappa shape index (κ3) is 2.59. The summed E-state index contributed by atoms with van der Waals surface area (Å²) in [5.74, 6) is 0. The van der Waals surface area contributed by atoms with E-state index in [1.807, 2.05) is 6.92 Å². The maximum atomic E-state index is 6.31. The fourth-order valence-electron chi connectivity index (χ4n) is 2.41. The molecule has 0 aliphatic carbocycles. The van der Waals surface area contributed by atoms with Gasteiger partial charge in [-0.1, -0.05) is 54.1 Å². The number of benzene rings is 2. The summed E-state index contributed by atoms with van der Waals surface area (Å²) in [7, 11) is 0. The highest BCUT2D eigenvalue weighted by molar-refractivity contribution is 7.10. The Morgan fingerprint density at radius 2 is 1.90 bits per heavy atom. The molecule has 1 unspecified atom stereocenters. The third-order valence-electron chi connectivity index (χ3n) is 3.53. The molecular formula is C17H16ClNS. The summed E-state index contributed by atoms with van der Waals surface area (Å²) in [5, 5.41) is 5.40. The van der Waals surface area contributed by atoms with Crippen molar-refractivity contribution in [1.29, 1.82) is 0 Å². The zero-order valence-electron chi connectivity index (χ0n) is 11.3. The lowest BCUT2D eigenvalue weighted by atomic mass is 10.0. The summed E-state index contributed by atoms with van der Waals surface area (Å²) in [4.78, 5) is 1.08. The molecule has 1 heterocycles. The molecule has 20 heavy (non-hydrogen) atoms. The van der Waals surface area contributed by atoms with Crippen molar-refractivity contribution in [1.82, 2.24) is 0 Å². The normalized spacial score (nSPS) is 12.8. The van der Waals surface area contributed by atoms with E-state index < -0.39 is 0 Å². The smallest absolute Gasteiger partial charge is 0.0590 e. The van der Waals surface area contributed by atoms with Gasteiger partial charge in [0, 0.05) is 10.9 Å². The van der Waals surface area contributed by atoms with Gasteiger partial charge in [-0.05, 0) is 40.6 Å². The van der Waals surface area contributed by atoms with Crippen LogP contribution in [-0.4, -0.2) is 0 Å². The van der Waals surface area contributed by atoms with Crippen LogP contribution in [0.15, 0.2) is 47.8 Å². The highest BCUT2D eigenvalue weighted by atomic mass is 35.5. The van der Waals surface area contributed by atoms with Crippen LogP contribution < -0.4 is 5.73 Å². The van der Waals surface area contributed by atoms with Crippen LogP contribution in [0.4, 0.5) is 0 Å². The van der Waals surface area contributed by atoms with E-state index in [-0.39, 0.29) is 6.04 Å². The second kappa shape index (κ2) is 5.57. The fraction of sp³-hybridized carbons (Fsp3) is 0.176. The molecule has 1 nitrogen and oxygen atoms in total.